The molecule has 0 aliphatic carbocycles. The van der Waals surface area contributed by atoms with Crippen LogP contribution < -0.4 is 10.6 Å². The van der Waals surface area contributed by atoms with Crippen molar-refractivity contribution >= 4 is 17.7 Å². The van der Waals surface area contributed by atoms with E-state index in [1.54, 1.807) is 0 Å². The third-order valence-corrected chi connectivity index (χ3v) is 4.13. The highest BCUT2D eigenvalue weighted by Gasteiger charge is 2.31. The van der Waals surface area contributed by atoms with Crippen molar-refractivity contribution < 1.29 is 4.79 Å². The second-order valence-corrected chi connectivity index (χ2v) is 5.66. The molecule has 1 aromatic heterocycles. The number of hydrogen-bond donors (Lipinski definition) is 1. The summed E-state index contributed by atoms with van der Waals surface area (Å²) in [7, 11) is 0. The lowest BCUT2D eigenvalue weighted by Crippen LogP contribution is -2.48. The van der Waals surface area contributed by atoms with Crippen LogP contribution in [0, 0.1) is 6.92 Å². The van der Waals surface area contributed by atoms with Crippen LogP contribution in [0.15, 0.2) is 6.07 Å². The molecule has 20 heavy (non-hydrogen) atoms. The summed E-state index contributed by atoms with van der Waals surface area (Å²) in [4.78, 5) is 24.6. The van der Waals surface area contributed by atoms with E-state index in [-0.39, 0.29) is 0 Å². The number of hydrogen-bond acceptors (Lipinski definition) is 5. The zero-order chi connectivity index (χ0) is 14.1. The van der Waals surface area contributed by atoms with E-state index in [1.807, 2.05) is 17.9 Å². The molecule has 2 saturated heterocycles. The van der Waals surface area contributed by atoms with Crippen LogP contribution >= 0.6 is 0 Å². The molecular formula is C14H21N5O. The highest BCUT2D eigenvalue weighted by molar-refractivity contribution is 5.78. The Labute approximate surface area is 119 Å². The predicted molar refractivity (Wildman–Crippen MR) is 77.4 cm³/mol. The lowest BCUT2D eigenvalue weighted by molar-refractivity contribution is -0.129. The Balaban J connectivity index is 1.76. The van der Waals surface area contributed by atoms with Crippen molar-refractivity contribution in [2.45, 2.75) is 38.6 Å². The Hall–Kier alpha value is -1.85. The molecule has 0 spiro atoms. The van der Waals surface area contributed by atoms with Crippen LogP contribution in [0.1, 0.15) is 31.4 Å². The van der Waals surface area contributed by atoms with Crippen LogP contribution in [0.5, 0.6) is 0 Å². The van der Waals surface area contributed by atoms with E-state index in [1.165, 1.54) is 0 Å². The summed E-state index contributed by atoms with van der Waals surface area (Å²) in [6, 6.07) is 2.28. The zero-order valence-corrected chi connectivity index (χ0v) is 11.9. The first-order valence-electron chi connectivity index (χ1n) is 7.29. The van der Waals surface area contributed by atoms with Gasteiger partial charge in [0, 0.05) is 43.9 Å². The van der Waals surface area contributed by atoms with Gasteiger partial charge in [0.1, 0.15) is 5.82 Å². The van der Waals surface area contributed by atoms with Gasteiger partial charge in [0.25, 0.3) is 0 Å². The fraction of sp³-hybridized carbons (Fsp3) is 0.643. The van der Waals surface area contributed by atoms with Crippen molar-refractivity contribution in [3.63, 3.8) is 0 Å². The maximum Gasteiger partial charge on any atom is 0.222 e. The molecule has 6 heteroatoms. The highest BCUT2D eigenvalue weighted by atomic mass is 16.2. The van der Waals surface area contributed by atoms with Crippen molar-refractivity contribution in [1.82, 2.24) is 14.9 Å². The van der Waals surface area contributed by atoms with Crippen LogP contribution in [-0.2, 0) is 4.79 Å². The average molecular weight is 275 g/mol. The standard InChI is InChI=1S/C14H21N5O/c1-10-8-12(17-14(15)16-10)18-6-2-4-11(9-18)19-7-3-5-13(19)20/h8,11H,2-7,9H2,1H3,(H2,15,16,17). The molecule has 3 rings (SSSR count). The zero-order valence-electron chi connectivity index (χ0n) is 11.9. The summed E-state index contributed by atoms with van der Waals surface area (Å²) in [5, 5.41) is 0. The summed E-state index contributed by atoms with van der Waals surface area (Å²) < 4.78 is 0. The number of piperidine rings is 1. The van der Waals surface area contributed by atoms with Gasteiger partial charge in [-0.2, -0.15) is 4.98 Å². The summed E-state index contributed by atoms with van der Waals surface area (Å²) in [6.45, 7) is 4.64. The molecule has 1 atom stereocenters. The number of likely N-dealkylation sites (tertiary alicyclic amines) is 1. The highest BCUT2D eigenvalue weighted by Crippen LogP contribution is 2.24. The number of aromatic nitrogens is 2. The minimum Gasteiger partial charge on any atom is -0.368 e. The van der Waals surface area contributed by atoms with Gasteiger partial charge in [-0.3, -0.25) is 4.79 Å². The Kier molecular flexibility index (Phi) is 3.46. The van der Waals surface area contributed by atoms with E-state index in [4.69, 9.17) is 5.73 Å². The minimum atomic E-state index is 0.301. The van der Waals surface area contributed by atoms with E-state index < -0.39 is 0 Å². The number of rotatable bonds is 2. The van der Waals surface area contributed by atoms with E-state index in [9.17, 15) is 4.79 Å². The van der Waals surface area contributed by atoms with Gasteiger partial charge in [0.15, 0.2) is 0 Å². The third kappa shape index (κ3) is 2.55. The summed E-state index contributed by atoms with van der Waals surface area (Å²) in [5.74, 6) is 1.50. The monoisotopic (exact) mass is 275 g/mol. The topological polar surface area (TPSA) is 75.3 Å². The summed E-state index contributed by atoms with van der Waals surface area (Å²) in [5.41, 5.74) is 6.61. The number of nitrogens with two attached hydrogens (primary N) is 1. The molecule has 1 aromatic rings. The smallest absolute Gasteiger partial charge is 0.222 e. The molecule has 0 aromatic carbocycles. The van der Waals surface area contributed by atoms with Gasteiger partial charge in [-0.05, 0) is 26.2 Å². The van der Waals surface area contributed by atoms with Crippen molar-refractivity contribution in [2.24, 2.45) is 0 Å². The molecule has 108 valence electrons. The van der Waals surface area contributed by atoms with Crippen LogP contribution in [0.4, 0.5) is 11.8 Å². The van der Waals surface area contributed by atoms with Crippen molar-refractivity contribution in [3.8, 4) is 0 Å². The van der Waals surface area contributed by atoms with Gasteiger partial charge >= 0.3 is 0 Å². The fourth-order valence-corrected chi connectivity index (χ4v) is 3.21. The molecule has 0 bridgehead atoms. The maximum absolute atomic E-state index is 11.9. The quantitative estimate of drug-likeness (QED) is 0.870. The fourth-order valence-electron chi connectivity index (χ4n) is 3.21. The molecule has 6 nitrogen and oxygen atoms in total. The number of carbonyl (C=O) groups is 1. The number of nitrogen functional groups attached to an aromatic ring is 1. The van der Waals surface area contributed by atoms with Gasteiger partial charge in [0.2, 0.25) is 11.9 Å². The van der Waals surface area contributed by atoms with Crippen LogP contribution in [0.25, 0.3) is 0 Å². The van der Waals surface area contributed by atoms with Crippen LogP contribution in [0.3, 0.4) is 0 Å². The van der Waals surface area contributed by atoms with Gasteiger partial charge in [0.05, 0.1) is 0 Å². The molecule has 0 saturated carbocycles. The molecule has 2 aliphatic heterocycles. The molecule has 2 aliphatic rings. The second kappa shape index (κ2) is 5.26. The molecule has 1 amide bonds. The molecular weight excluding hydrogens is 254 g/mol. The molecule has 0 radical (unpaired) electrons. The lowest BCUT2D eigenvalue weighted by atomic mass is 10.0. The van der Waals surface area contributed by atoms with E-state index in [2.05, 4.69) is 14.9 Å². The first kappa shape index (κ1) is 13.1. The van der Waals surface area contributed by atoms with Gasteiger partial charge in [-0.25, -0.2) is 4.98 Å². The maximum atomic E-state index is 11.9. The van der Waals surface area contributed by atoms with Gasteiger partial charge in [-0.15, -0.1) is 0 Å². The summed E-state index contributed by atoms with van der Waals surface area (Å²) in [6.07, 6.45) is 3.87. The average Bonchev–Trinajstić information content (AvgIpc) is 2.84. The van der Waals surface area contributed by atoms with Crippen LogP contribution in [-0.4, -0.2) is 46.5 Å². The molecule has 1 unspecified atom stereocenters. The van der Waals surface area contributed by atoms with E-state index in [0.717, 1.165) is 50.4 Å². The summed E-state index contributed by atoms with van der Waals surface area (Å²) >= 11 is 0. The Morgan fingerprint density at radius 3 is 2.85 bits per heavy atom. The number of nitrogens with zero attached hydrogens (tertiary/aromatic N) is 4. The SMILES string of the molecule is Cc1cc(N2CCCC(N3CCCC3=O)C2)nc(N)n1. The Morgan fingerprint density at radius 1 is 1.30 bits per heavy atom. The Morgan fingerprint density at radius 2 is 2.15 bits per heavy atom. The largest absolute Gasteiger partial charge is 0.368 e. The molecule has 2 N–H and O–H groups in total. The van der Waals surface area contributed by atoms with Gasteiger partial charge < -0.3 is 15.5 Å². The third-order valence-electron chi connectivity index (χ3n) is 4.13. The number of carbonyl (C=O) groups excluding carboxylic acids is 1. The predicted octanol–water partition coefficient (Wildman–Crippen LogP) is 0.958. The van der Waals surface area contributed by atoms with Crippen molar-refractivity contribution in [2.75, 3.05) is 30.3 Å². The lowest BCUT2D eigenvalue weighted by Gasteiger charge is -2.38. The first-order chi connectivity index (χ1) is 9.63. The molecule has 3 heterocycles. The minimum absolute atomic E-state index is 0.301. The van der Waals surface area contributed by atoms with Gasteiger partial charge in [-0.1, -0.05) is 0 Å². The number of aryl methyl sites for hydroxylation is 1. The van der Waals surface area contributed by atoms with Crippen molar-refractivity contribution in [1.29, 1.82) is 0 Å². The first-order valence-corrected chi connectivity index (χ1v) is 7.29. The van der Waals surface area contributed by atoms with Crippen LogP contribution in [0.2, 0.25) is 0 Å². The Bertz CT molecular complexity index is 498. The van der Waals surface area contributed by atoms with Crippen molar-refractivity contribution in [3.05, 3.63) is 11.8 Å². The number of amides is 1. The molecule has 2 fully saturated rings. The normalized spacial score (nSPS) is 23.4. The second-order valence-electron chi connectivity index (χ2n) is 5.66. The number of anilines is 2. The van der Waals surface area contributed by atoms with E-state index >= 15 is 0 Å². The van der Waals surface area contributed by atoms with E-state index in [0.29, 0.717) is 24.3 Å².